The highest BCUT2D eigenvalue weighted by molar-refractivity contribution is 6.11. The molecular formula is C26H23N3O5. The molecule has 3 aromatic carbocycles. The highest BCUT2D eigenvalue weighted by atomic mass is 16.7. The Labute approximate surface area is 195 Å². The molecule has 0 unspecified atom stereocenters. The van der Waals surface area contributed by atoms with Crippen molar-refractivity contribution in [2.75, 3.05) is 12.1 Å². The van der Waals surface area contributed by atoms with Gasteiger partial charge in [0.2, 0.25) is 6.79 Å². The molecule has 0 atom stereocenters. The van der Waals surface area contributed by atoms with Crippen LogP contribution in [0.15, 0.2) is 71.5 Å². The normalized spacial score (nSPS) is 12.2. The third-order valence-electron chi connectivity index (χ3n) is 5.47. The van der Waals surface area contributed by atoms with Crippen molar-refractivity contribution in [3.05, 3.63) is 88.3 Å². The summed E-state index contributed by atoms with van der Waals surface area (Å²) < 4.78 is 17.9. The number of fused-ring (bicyclic) bond motifs is 2. The van der Waals surface area contributed by atoms with Crippen LogP contribution in [0.5, 0.6) is 17.2 Å². The van der Waals surface area contributed by atoms with Gasteiger partial charge < -0.3 is 19.5 Å². The average Bonchev–Trinajstić information content (AvgIpc) is 3.31. The summed E-state index contributed by atoms with van der Waals surface area (Å²) in [5, 5.41) is 8.25. The van der Waals surface area contributed by atoms with Crippen LogP contribution in [0.1, 0.15) is 35.9 Å². The molecule has 0 spiro atoms. The fourth-order valence-corrected chi connectivity index (χ4v) is 3.79. The summed E-state index contributed by atoms with van der Waals surface area (Å²) in [4.78, 5) is 25.9. The monoisotopic (exact) mass is 457 g/mol. The molecule has 4 aromatic rings. The van der Waals surface area contributed by atoms with Crippen LogP contribution >= 0.6 is 0 Å². The Kier molecular flexibility index (Phi) is 5.63. The SMILES string of the molecule is CC(C)n1nc(C(=O)Nc2cccc(COc3ccc4c(c3)OCO4)c2)c2ccccc2c1=O. The summed E-state index contributed by atoms with van der Waals surface area (Å²) in [7, 11) is 0. The Morgan fingerprint density at radius 2 is 1.82 bits per heavy atom. The molecule has 5 rings (SSSR count). The van der Waals surface area contributed by atoms with E-state index >= 15 is 0 Å². The van der Waals surface area contributed by atoms with E-state index in [0.29, 0.717) is 40.3 Å². The minimum absolute atomic E-state index is 0.180. The van der Waals surface area contributed by atoms with Gasteiger partial charge in [0.15, 0.2) is 17.2 Å². The Balaban J connectivity index is 1.36. The molecule has 0 saturated carbocycles. The lowest BCUT2D eigenvalue weighted by Crippen LogP contribution is -2.28. The van der Waals surface area contributed by atoms with Gasteiger partial charge in [-0.3, -0.25) is 9.59 Å². The number of rotatable bonds is 6. The van der Waals surface area contributed by atoms with Gasteiger partial charge >= 0.3 is 0 Å². The second kappa shape index (κ2) is 8.90. The van der Waals surface area contributed by atoms with Crippen LogP contribution in [0.4, 0.5) is 5.69 Å². The van der Waals surface area contributed by atoms with Gasteiger partial charge in [-0.15, -0.1) is 0 Å². The Bertz CT molecular complexity index is 1440. The van der Waals surface area contributed by atoms with E-state index in [2.05, 4.69) is 10.4 Å². The number of ether oxygens (including phenoxy) is 3. The minimum Gasteiger partial charge on any atom is -0.489 e. The van der Waals surface area contributed by atoms with Crippen LogP contribution in [0.3, 0.4) is 0 Å². The van der Waals surface area contributed by atoms with Crippen LogP contribution in [-0.4, -0.2) is 22.5 Å². The van der Waals surface area contributed by atoms with Gasteiger partial charge in [-0.1, -0.05) is 30.3 Å². The molecule has 0 bridgehead atoms. The summed E-state index contributed by atoms with van der Waals surface area (Å²) in [5.41, 5.74) is 1.46. The summed E-state index contributed by atoms with van der Waals surface area (Å²) in [5.74, 6) is 1.62. The molecule has 8 nitrogen and oxygen atoms in total. The highest BCUT2D eigenvalue weighted by Gasteiger charge is 2.18. The lowest BCUT2D eigenvalue weighted by atomic mass is 10.1. The summed E-state index contributed by atoms with van der Waals surface area (Å²) >= 11 is 0. The maximum atomic E-state index is 13.2. The quantitative estimate of drug-likeness (QED) is 0.457. The fourth-order valence-electron chi connectivity index (χ4n) is 3.79. The van der Waals surface area contributed by atoms with Crippen molar-refractivity contribution in [3.8, 4) is 17.2 Å². The summed E-state index contributed by atoms with van der Waals surface area (Å²) in [6, 6.07) is 19.6. The molecule has 34 heavy (non-hydrogen) atoms. The second-order valence-corrected chi connectivity index (χ2v) is 8.20. The number of hydrogen-bond donors (Lipinski definition) is 1. The van der Waals surface area contributed by atoms with Gasteiger partial charge in [0.25, 0.3) is 11.5 Å². The minimum atomic E-state index is -0.389. The van der Waals surface area contributed by atoms with Crippen molar-refractivity contribution in [1.82, 2.24) is 9.78 Å². The molecule has 0 saturated heterocycles. The van der Waals surface area contributed by atoms with Crippen LogP contribution in [0.25, 0.3) is 10.8 Å². The first-order valence-electron chi connectivity index (χ1n) is 10.9. The summed E-state index contributed by atoms with van der Waals surface area (Å²) in [6.07, 6.45) is 0. The highest BCUT2D eigenvalue weighted by Crippen LogP contribution is 2.35. The number of benzene rings is 3. The largest absolute Gasteiger partial charge is 0.489 e. The molecule has 0 radical (unpaired) electrons. The molecular weight excluding hydrogens is 434 g/mol. The van der Waals surface area contributed by atoms with Crippen molar-refractivity contribution < 1.29 is 19.0 Å². The first kappa shape index (κ1) is 21.5. The van der Waals surface area contributed by atoms with Crippen molar-refractivity contribution in [1.29, 1.82) is 0 Å². The Hall–Kier alpha value is -4.33. The smallest absolute Gasteiger partial charge is 0.276 e. The molecule has 1 aliphatic heterocycles. The molecule has 2 heterocycles. The molecule has 172 valence electrons. The predicted molar refractivity (Wildman–Crippen MR) is 128 cm³/mol. The van der Waals surface area contributed by atoms with Crippen LogP contribution in [-0.2, 0) is 6.61 Å². The zero-order valence-corrected chi connectivity index (χ0v) is 18.8. The number of carbonyl (C=O) groups excluding carboxylic acids is 1. The zero-order valence-electron chi connectivity index (χ0n) is 18.8. The third-order valence-corrected chi connectivity index (χ3v) is 5.47. The van der Waals surface area contributed by atoms with Crippen molar-refractivity contribution >= 4 is 22.4 Å². The standard InChI is InChI=1S/C26H23N3O5/c1-16(2)29-26(31)21-9-4-3-8-20(21)24(28-29)25(30)27-18-7-5-6-17(12-18)14-32-19-10-11-22-23(13-19)34-15-33-22/h3-13,16H,14-15H2,1-2H3,(H,27,30). The first-order chi connectivity index (χ1) is 16.5. The number of carbonyl (C=O) groups is 1. The number of anilines is 1. The molecule has 1 N–H and O–H groups in total. The number of amides is 1. The maximum absolute atomic E-state index is 13.2. The average molecular weight is 457 g/mol. The van der Waals surface area contributed by atoms with Gasteiger partial charge in [0.05, 0.1) is 11.4 Å². The van der Waals surface area contributed by atoms with E-state index in [1.807, 2.05) is 44.2 Å². The van der Waals surface area contributed by atoms with Crippen LogP contribution < -0.4 is 25.1 Å². The molecule has 8 heteroatoms. The third kappa shape index (κ3) is 4.17. The van der Waals surface area contributed by atoms with E-state index in [-0.39, 0.29) is 30.0 Å². The van der Waals surface area contributed by atoms with Crippen molar-refractivity contribution in [2.24, 2.45) is 0 Å². The van der Waals surface area contributed by atoms with Gasteiger partial charge in [-0.25, -0.2) is 4.68 Å². The lowest BCUT2D eigenvalue weighted by molar-refractivity contribution is 0.102. The van der Waals surface area contributed by atoms with Gasteiger partial charge in [0.1, 0.15) is 12.4 Å². The zero-order chi connectivity index (χ0) is 23.7. The molecule has 1 amide bonds. The van der Waals surface area contributed by atoms with E-state index in [0.717, 1.165) is 5.56 Å². The van der Waals surface area contributed by atoms with Gasteiger partial charge in [0, 0.05) is 17.1 Å². The first-order valence-corrected chi connectivity index (χ1v) is 10.9. The van der Waals surface area contributed by atoms with E-state index in [1.54, 1.807) is 36.4 Å². The number of aromatic nitrogens is 2. The number of hydrogen-bond acceptors (Lipinski definition) is 6. The molecule has 1 aromatic heterocycles. The fraction of sp³-hybridized carbons (Fsp3) is 0.192. The molecule has 1 aliphatic rings. The predicted octanol–water partition coefficient (Wildman–Crippen LogP) is 4.54. The van der Waals surface area contributed by atoms with E-state index < -0.39 is 0 Å². The molecule has 0 aliphatic carbocycles. The number of nitrogens with zero attached hydrogens (tertiary/aromatic N) is 2. The van der Waals surface area contributed by atoms with Gasteiger partial charge in [-0.2, -0.15) is 5.10 Å². The number of nitrogens with one attached hydrogen (secondary N) is 1. The lowest BCUT2D eigenvalue weighted by Gasteiger charge is -2.14. The van der Waals surface area contributed by atoms with E-state index in [1.165, 1.54) is 4.68 Å². The topological polar surface area (TPSA) is 91.7 Å². The van der Waals surface area contributed by atoms with Crippen LogP contribution in [0.2, 0.25) is 0 Å². The second-order valence-electron chi connectivity index (χ2n) is 8.20. The van der Waals surface area contributed by atoms with Gasteiger partial charge in [-0.05, 0) is 49.7 Å². The Morgan fingerprint density at radius 1 is 1.03 bits per heavy atom. The van der Waals surface area contributed by atoms with Crippen molar-refractivity contribution in [2.45, 2.75) is 26.5 Å². The molecule has 0 fully saturated rings. The van der Waals surface area contributed by atoms with E-state index in [9.17, 15) is 9.59 Å². The Morgan fingerprint density at radius 3 is 2.65 bits per heavy atom. The summed E-state index contributed by atoms with van der Waals surface area (Å²) in [6.45, 7) is 4.23. The van der Waals surface area contributed by atoms with Crippen LogP contribution in [0, 0.1) is 0 Å². The maximum Gasteiger partial charge on any atom is 0.276 e. The van der Waals surface area contributed by atoms with Crippen molar-refractivity contribution in [3.63, 3.8) is 0 Å². The van der Waals surface area contributed by atoms with E-state index in [4.69, 9.17) is 14.2 Å².